The molecule has 1 heterocycles. The Morgan fingerprint density at radius 1 is 0.900 bits per heavy atom. The summed E-state index contributed by atoms with van der Waals surface area (Å²) in [5.74, 6) is -0.505. The molecule has 0 aliphatic heterocycles. The molecule has 0 fully saturated rings. The van der Waals surface area contributed by atoms with Gasteiger partial charge in [0.1, 0.15) is 0 Å². The number of nitrogens with zero attached hydrogens (tertiary/aromatic N) is 1. The molecule has 9 heteroatoms. The minimum absolute atomic E-state index is 0.0121. The van der Waals surface area contributed by atoms with Gasteiger partial charge >= 0.3 is 0 Å². The van der Waals surface area contributed by atoms with Gasteiger partial charge in [-0.3, -0.25) is 14.6 Å². The monoisotopic (exact) mass is 432 g/mol. The minimum Gasteiger partial charge on any atom is -0.356 e. The van der Waals surface area contributed by atoms with Crippen LogP contribution in [0.3, 0.4) is 0 Å². The van der Waals surface area contributed by atoms with Crippen LogP contribution in [0, 0.1) is 20.8 Å². The Hall–Kier alpha value is -2.78. The van der Waals surface area contributed by atoms with E-state index in [0.717, 1.165) is 11.1 Å². The van der Waals surface area contributed by atoms with E-state index in [4.69, 9.17) is 0 Å². The topological polar surface area (TPSA) is 117 Å². The van der Waals surface area contributed by atoms with Crippen molar-refractivity contribution < 1.29 is 18.0 Å². The summed E-state index contributed by atoms with van der Waals surface area (Å²) in [6.07, 6.45) is 3.43. The summed E-state index contributed by atoms with van der Waals surface area (Å²) >= 11 is 0. The molecule has 2 rings (SSSR count). The summed E-state index contributed by atoms with van der Waals surface area (Å²) in [7, 11) is -3.70. The lowest BCUT2D eigenvalue weighted by Crippen LogP contribution is -2.33. The number of carbonyl (C=O) groups excluding carboxylic acids is 2. The quantitative estimate of drug-likeness (QED) is 0.526. The third kappa shape index (κ3) is 7.23. The average molecular weight is 433 g/mol. The van der Waals surface area contributed by atoms with Crippen molar-refractivity contribution in [2.75, 3.05) is 13.1 Å². The molecule has 0 saturated carbocycles. The molecule has 0 saturated heterocycles. The van der Waals surface area contributed by atoms with Crippen LogP contribution >= 0.6 is 0 Å². The summed E-state index contributed by atoms with van der Waals surface area (Å²) in [5, 5.41) is 5.38. The predicted octanol–water partition coefficient (Wildman–Crippen LogP) is 1.50. The lowest BCUT2D eigenvalue weighted by molar-refractivity contribution is -0.122. The highest BCUT2D eigenvalue weighted by molar-refractivity contribution is 7.89. The molecule has 8 nitrogen and oxygen atoms in total. The van der Waals surface area contributed by atoms with Crippen molar-refractivity contribution in [3.63, 3.8) is 0 Å². The van der Waals surface area contributed by atoms with E-state index in [1.165, 1.54) is 0 Å². The molecule has 0 spiro atoms. The van der Waals surface area contributed by atoms with Gasteiger partial charge in [-0.25, -0.2) is 13.1 Å². The fourth-order valence-corrected chi connectivity index (χ4v) is 4.64. The third-order valence-electron chi connectivity index (χ3n) is 4.43. The second kappa shape index (κ2) is 10.8. The summed E-state index contributed by atoms with van der Waals surface area (Å²) in [6, 6.07) is 7.24. The van der Waals surface area contributed by atoms with Crippen LogP contribution in [-0.4, -0.2) is 38.3 Å². The van der Waals surface area contributed by atoms with E-state index in [9.17, 15) is 18.0 Å². The second-order valence-corrected chi connectivity index (χ2v) is 8.81. The Labute approximate surface area is 177 Å². The highest BCUT2D eigenvalue weighted by Crippen LogP contribution is 2.21. The Balaban J connectivity index is 1.70. The van der Waals surface area contributed by atoms with Gasteiger partial charge in [0.2, 0.25) is 21.8 Å². The van der Waals surface area contributed by atoms with E-state index in [-0.39, 0.29) is 42.6 Å². The Bertz CT molecular complexity index is 968. The Kier molecular flexibility index (Phi) is 8.49. The smallest absolute Gasteiger partial charge is 0.241 e. The van der Waals surface area contributed by atoms with Gasteiger partial charge in [-0.05, 0) is 49.6 Å². The first-order valence-electron chi connectivity index (χ1n) is 9.69. The van der Waals surface area contributed by atoms with E-state index in [1.54, 1.807) is 26.2 Å². The van der Waals surface area contributed by atoms with Crippen molar-refractivity contribution >= 4 is 21.8 Å². The number of nitrogens with one attached hydrogen (secondary N) is 3. The summed E-state index contributed by atoms with van der Waals surface area (Å²) in [4.78, 5) is 27.9. The van der Waals surface area contributed by atoms with Gasteiger partial charge in [-0.2, -0.15) is 0 Å². The largest absolute Gasteiger partial charge is 0.356 e. The number of benzene rings is 1. The number of hydrogen-bond acceptors (Lipinski definition) is 5. The van der Waals surface area contributed by atoms with Crippen LogP contribution in [-0.2, 0) is 26.2 Å². The highest BCUT2D eigenvalue weighted by Gasteiger charge is 2.19. The van der Waals surface area contributed by atoms with E-state index < -0.39 is 10.0 Å². The fourth-order valence-electron chi connectivity index (χ4n) is 3.16. The zero-order chi connectivity index (χ0) is 22.1. The number of sulfonamides is 1. The van der Waals surface area contributed by atoms with E-state index in [2.05, 4.69) is 20.3 Å². The highest BCUT2D eigenvalue weighted by atomic mass is 32.2. The van der Waals surface area contributed by atoms with Crippen LogP contribution in [0.15, 0.2) is 41.6 Å². The van der Waals surface area contributed by atoms with E-state index >= 15 is 0 Å². The molecule has 0 bridgehead atoms. The molecule has 0 aliphatic rings. The molecule has 1 aromatic carbocycles. The lowest BCUT2D eigenvalue weighted by atomic mass is 10.1. The summed E-state index contributed by atoms with van der Waals surface area (Å²) in [5.41, 5.74) is 3.27. The number of pyridine rings is 1. The van der Waals surface area contributed by atoms with Crippen LogP contribution in [0.25, 0.3) is 0 Å². The SMILES string of the molecule is Cc1cc(C)c(S(=O)(=O)NCCC(=O)NCCC(=O)NCc2ccncc2)c(C)c1. The normalized spacial score (nSPS) is 11.2. The van der Waals surface area contributed by atoms with Gasteiger partial charge in [-0.15, -0.1) is 0 Å². The standard InChI is InChI=1S/C21H28N4O4S/c1-15-12-16(2)21(17(3)13-15)30(28,29)25-11-7-19(26)23-10-6-20(27)24-14-18-4-8-22-9-5-18/h4-5,8-9,12-13,25H,6-7,10-11,14H2,1-3H3,(H,23,26)(H,24,27). The van der Waals surface area contributed by atoms with Crippen molar-refractivity contribution in [1.82, 2.24) is 20.3 Å². The first-order valence-corrected chi connectivity index (χ1v) is 11.2. The lowest BCUT2D eigenvalue weighted by Gasteiger charge is -2.13. The van der Waals surface area contributed by atoms with E-state index in [1.807, 2.05) is 31.2 Å². The Morgan fingerprint density at radius 3 is 2.10 bits per heavy atom. The molecular weight excluding hydrogens is 404 g/mol. The number of carbonyl (C=O) groups is 2. The minimum atomic E-state index is -3.70. The molecule has 0 unspecified atom stereocenters. The first kappa shape index (κ1) is 23.5. The maximum absolute atomic E-state index is 12.6. The number of aryl methyl sites for hydroxylation is 3. The van der Waals surface area contributed by atoms with E-state index in [0.29, 0.717) is 17.7 Å². The maximum atomic E-state index is 12.6. The van der Waals surface area contributed by atoms with Gasteiger partial charge in [0.15, 0.2) is 0 Å². The molecule has 0 radical (unpaired) electrons. The third-order valence-corrected chi connectivity index (χ3v) is 6.20. The zero-order valence-corrected chi connectivity index (χ0v) is 18.3. The predicted molar refractivity (Wildman–Crippen MR) is 114 cm³/mol. The molecule has 3 N–H and O–H groups in total. The summed E-state index contributed by atoms with van der Waals surface area (Å²) in [6.45, 7) is 5.98. The van der Waals surface area contributed by atoms with Crippen LogP contribution in [0.4, 0.5) is 0 Å². The number of aromatic nitrogens is 1. The zero-order valence-electron chi connectivity index (χ0n) is 17.5. The fraction of sp³-hybridized carbons (Fsp3) is 0.381. The number of amides is 2. The molecule has 0 aliphatic carbocycles. The van der Waals surface area contributed by atoms with Crippen LogP contribution < -0.4 is 15.4 Å². The van der Waals surface area contributed by atoms with Crippen LogP contribution in [0.2, 0.25) is 0 Å². The molecule has 162 valence electrons. The second-order valence-electron chi connectivity index (χ2n) is 7.11. The molecule has 1 aromatic heterocycles. The van der Waals surface area contributed by atoms with Gasteiger partial charge in [0, 0.05) is 44.9 Å². The van der Waals surface area contributed by atoms with Crippen LogP contribution in [0.1, 0.15) is 35.1 Å². The van der Waals surface area contributed by atoms with Crippen molar-refractivity contribution in [1.29, 1.82) is 0 Å². The van der Waals surface area contributed by atoms with Gasteiger partial charge < -0.3 is 10.6 Å². The van der Waals surface area contributed by atoms with Crippen molar-refractivity contribution in [2.24, 2.45) is 0 Å². The molecule has 0 atom stereocenters. The van der Waals surface area contributed by atoms with Crippen molar-refractivity contribution in [3.8, 4) is 0 Å². The molecule has 2 amide bonds. The van der Waals surface area contributed by atoms with Gasteiger partial charge in [0.25, 0.3) is 0 Å². The Morgan fingerprint density at radius 2 is 1.47 bits per heavy atom. The molecule has 2 aromatic rings. The maximum Gasteiger partial charge on any atom is 0.241 e. The number of hydrogen-bond donors (Lipinski definition) is 3. The summed E-state index contributed by atoms with van der Waals surface area (Å²) < 4.78 is 27.6. The first-order chi connectivity index (χ1) is 14.2. The van der Waals surface area contributed by atoms with Crippen molar-refractivity contribution in [3.05, 3.63) is 58.9 Å². The molecule has 30 heavy (non-hydrogen) atoms. The van der Waals surface area contributed by atoms with Crippen LogP contribution in [0.5, 0.6) is 0 Å². The van der Waals surface area contributed by atoms with Gasteiger partial charge in [-0.1, -0.05) is 17.7 Å². The molecular formula is C21H28N4O4S. The number of rotatable bonds is 10. The average Bonchev–Trinajstić information content (AvgIpc) is 2.66. The van der Waals surface area contributed by atoms with Crippen molar-refractivity contribution in [2.45, 2.75) is 45.1 Å². The van der Waals surface area contributed by atoms with Gasteiger partial charge in [0.05, 0.1) is 4.90 Å².